The van der Waals surface area contributed by atoms with Crippen molar-refractivity contribution in [2.75, 3.05) is 4.90 Å². The number of fused-ring (bicyclic) bond motifs is 9. The van der Waals surface area contributed by atoms with Crippen LogP contribution in [0.3, 0.4) is 0 Å². The van der Waals surface area contributed by atoms with Gasteiger partial charge in [0.05, 0.1) is 22.4 Å². The molecule has 0 spiro atoms. The van der Waals surface area contributed by atoms with E-state index in [-0.39, 0.29) is 0 Å². The summed E-state index contributed by atoms with van der Waals surface area (Å²) in [5.74, 6) is 1.73. The van der Waals surface area contributed by atoms with Crippen molar-refractivity contribution >= 4 is 71.6 Å². The molecule has 0 aliphatic carbocycles. The van der Waals surface area contributed by atoms with Gasteiger partial charge in [0.1, 0.15) is 11.2 Å². The first-order valence-corrected chi connectivity index (χ1v) is 23.1. The molecule has 3 heterocycles. The molecule has 0 bridgehead atoms. The Bertz CT molecular complexity index is 4120. The van der Waals surface area contributed by atoms with E-state index in [1.807, 2.05) is 24.3 Å². The molecule has 11 aromatic carbocycles. The fourth-order valence-electron chi connectivity index (χ4n) is 10.6. The topological polar surface area (TPSA) is 30.5 Å². The predicted molar refractivity (Wildman–Crippen MR) is 282 cm³/mol. The lowest BCUT2D eigenvalue weighted by molar-refractivity contribution is 0.476. The van der Waals surface area contributed by atoms with Crippen molar-refractivity contribution in [2.24, 2.45) is 0 Å². The molecular weight excluding hydrogens is 829 g/mol. The molecule has 0 amide bonds. The van der Waals surface area contributed by atoms with E-state index < -0.39 is 0 Å². The Morgan fingerprint density at radius 1 is 0.338 bits per heavy atom. The van der Waals surface area contributed by atoms with E-state index in [1.165, 1.54) is 38.2 Å². The molecule has 0 radical (unpaired) electrons. The van der Waals surface area contributed by atoms with Gasteiger partial charge in [0.2, 0.25) is 0 Å². The summed E-state index contributed by atoms with van der Waals surface area (Å²) < 4.78 is 15.0. The first-order valence-electron chi connectivity index (χ1n) is 23.1. The summed E-state index contributed by atoms with van der Waals surface area (Å²) in [6, 6.07) is 87.2. The Balaban J connectivity index is 0.894. The van der Waals surface area contributed by atoms with E-state index in [0.717, 1.165) is 95.0 Å². The highest BCUT2D eigenvalue weighted by Gasteiger charge is 2.25. The second kappa shape index (κ2) is 15.2. The quantitative estimate of drug-likeness (QED) is 0.160. The fraction of sp³-hybridized carbons (Fsp3) is 0. The highest BCUT2D eigenvalue weighted by molar-refractivity contribution is 6.13. The Hall–Kier alpha value is -9.12. The smallest absolute Gasteiger partial charge is 0.152 e. The van der Waals surface area contributed by atoms with E-state index in [2.05, 4.69) is 228 Å². The Morgan fingerprint density at radius 3 is 1.78 bits per heavy atom. The molecule has 0 atom stereocenters. The van der Waals surface area contributed by atoms with E-state index >= 15 is 0 Å². The van der Waals surface area contributed by atoms with Gasteiger partial charge in [-0.2, -0.15) is 0 Å². The molecule has 13 aromatic rings. The zero-order valence-corrected chi connectivity index (χ0v) is 36.8. The zero-order chi connectivity index (χ0) is 44.7. The van der Waals surface area contributed by atoms with Gasteiger partial charge in [-0.05, 0) is 135 Å². The average molecular weight is 869 g/mol. The van der Waals surface area contributed by atoms with Crippen molar-refractivity contribution < 1.29 is 9.15 Å². The molecule has 0 unspecified atom stereocenters. The fourth-order valence-corrected chi connectivity index (χ4v) is 10.6. The van der Waals surface area contributed by atoms with Crippen LogP contribution in [0.15, 0.2) is 247 Å². The standard InChI is InChI=1S/C64H40N2O2/c1-2-16-50-43(12-1)13-10-19-51(50)46-15-9-14-44(38-46)41-26-32-48(33-27-41)65(49-34-28-42(29-35-49)45-31-37-61-56(39-45)53-18-4-7-23-60(53)67-61)57-21-5-3-17-52(57)47-30-36-58-55(40-47)54-20-11-25-63-64(54)66(58)59-22-6-8-24-62(59)68-63/h1-40H. The van der Waals surface area contributed by atoms with Crippen LogP contribution in [-0.2, 0) is 0 Å². The molecule has 68 heavy (non-hydrogen) atoms. The average Bonchev–Trinajstić information content (AvgIpc) is 3.95. The molecule has 1 aliphatic heterocycles. The maximum Gasteiger partial charge on any atom is 0.152 e. The van der Waals surface area contributed by atoms with E-state index in [0.29, 0.717) is 0 Å². The molecule has 2 aromatic heterocycles. The number of aromatic nitrogens is 1. The van der Waals surface area contributed by atoms with Gasteiger partial charge in [-0.1, -0.05) is 158 Å². The number of para-hydroxylation sites is 5. The number of benzene rings is 11. The second-order valence-electron chi connectivity index (χ2n) is 17.7. The van der Waals surface area contributed by atoms with Crippen LogP contribution < -0.4 is 9.64 Å². The lowest BCUT2D eigenvalue weighted by atomic mass is 9.95. The molecular formula is C64H40N2O2. The number of ether oxygens (including phenoxy) is 1. The first kappa shape index (κ1) is 38.2. The number of nitrogens with zero attached hydrogens (tertiary/aromatic N) is 2. The molecule has 14 rings (SSSR count). The van der Waals surface area contributed by atoms with Gasteiger partial charge >= 0.3 is 0 Å². The van der Waals surface area contributed by atoms with Crippen LogP contribution in [0.4, 0.5) is 17.1 Å². The van der Waals surface area contributed by atoms with Crippen LogP contribution in [0.25, 0.3) is 105 Å². The largest absolute Gasteiger partial charge is 0.456 e. The summed E-state index contributed by atoms with van der Waals surface area (Å²) in [6.07, 6.45) is 0. The van der Waals surface area contributed by atoms with Gasteiger partial charge < -0.3 is 18.6 Å². The molecule has 0 fully saturated rings. The minimum Gasteiger partial charge on any atom is -0.456 e. The summed E-state index contributed by atoms with van der Waals surface area (Å²) in [5, 5.41) is 7.10. The number of rotatable bonds is 7. The highest BCUT2D eigenvalue weighted by Crippen LogP contribution is 2.48. The van der Waals surface area contributed by atoms with Crippen molar-refractivity contribution in [3.63, 3.8) is 0 Å². The Labute approximate surface area is 392 Å². The minimum absolute atomic E-state index is 0.861. The molecule has 0 N–H and O–H groups in total. The van der Waals surface area contributed by atoms with Crippen LogP contribution in [0.2, 0.25) is 0 Å². The van der Waals surface area contributed by atoms with Crippen molar-refractivity contribution in [2.45, 2.75) is 0 Å². The van der Waals surface area contributed by atoms with E-state index in [9.17, 15) is 0 Å². The molecule has 0 saturated carbocycles. The third-order valence-electron chi connectivity index (χ3n) is 13.8. The summed E-state index contributed by atoms with van der Waals surface area (Å²) >= 11 is 0. The zero-order valence-electron chi connectivity index (χ0n) is 36.8. The summed E-state index contributed by atoms with van der Waals surface area (Å²) in [7, 11) is 0. The first-order chi connectivity index (χ1) is 33.7. The van der Waals surface area contributed by atoms with Crippen LogP contribution in [-0.4, -0.2) is 4.57 Å². The SMILES string of the molecule is c1cc(-c2ccc(N(c3ccc(-c4ccc5oc6ccccc6c5c4)cc3)c3ccccc3-c3ccc4c(c3)c3cccc5c3n4-c3ccccc3O5)cc2)cc(-c2cccc3ccccc23)c1. The molecule has 318 valence electrons. The summed E-state index contributed by atoms with van der Waals surface area (Å²) in [6.45, 7) is 0. The van der Waals surface area contributed by atoms with E-state index in [1.54, 1.807) is 0 Å². The third-order valence-corrected chi connectivity index (χ3v) is 13.8. The normalized spacial score (nSPS) is 11.9. The number of furan rings is 1. The van der Waals surface area contributed by atoms with Crippen LogP contribution in [0.5, 0.6) is 11.5 Å². The van der Waals surface area contributed by atoms with Crippen LogP contribution in [0.1, 0.15) is 0 Å². The van der Waals surface area contributed by atoms with Crippen LogP contribution in [0, 0.1) is 0 Å². The van der Waals surface area contributed by atoms with Gasteiger partial charge in [-0.25, -0.2) is 0 Å². The van der Waals surface area contributed by atoms with Crippen molar-refractivity contribution in [1.29, 1.82) is 0 Å². The summed E-state index contributed by atoms with van der Waals surface area (Å²) in [5.41, 5.74) is 17.6. The van der Waals surface area contributed by atoms with Gasteiger partial charge in [0, 0.05) is 38.5 Å². The molecule has 0 saturated heterocycles. The highest BCUT2D eigenvalue weighted by atomic mass is 16.5. The van der Waals surface area contributed by atoms with Crippen LogP contribution >= 0.6 is 0 Å². The van der Waals surface area contributed by atoms with Crippen molar-refractivity contribution in [3.05, 3.63) is 243 Å². The second-order valence-corrected chi connectivity index (χ2v) is 17.7. The van der Waals surface area contributed by atoms with Gasteiger partial charge in [-0.3, -0.25) is 0 Å². The monoisotopic (exact) mass is 868 g/mol. The van der Waals surface area contributed by atoms with Gasteiger partial charge in [0.15, 0.2) is 11.5 Å². The Morgan fingerprint density at radius 2 is 0.912 bits per heavy atom. The maximum atomic E-state index is 6.46. The maximum absolute atomic E-state index is 6.46. The lowest BCUT2D eigenvalue weighted by Gasteiger charge is -2.28. The number of anilines is 3. The molecule has 4 heteroatoms. The van der Waals surface area contributed by atoms with Crippen molar-refractivity contribution in [1.82, 2.24) is 4.57 Å². The third kappa shape index (κ3) is 6.08. The van der Waals surface area contributed by atoms with Crippen molar-refractivity contribution in [3.8, 4) is 61.7 Å². The molecule has 1 aliphatic rings. The lowest BCUT2D eigenvalue weighted by Crippen LogP contribution is -2.11. The number of hydrogen-bond acceptors (Lipinski definition) is 3. The Kier molecular flexibility index (Phi) is 8.55. The summed E-state index contributed by atoms with van der Waals surface area (Å²) in [4.78, 5) is 2.39. The van der Waals surface area contributed by atoms with E-state index in [4.69, 9.17) is 9.15 Å². The van der Waals surface area contributed by atoms with Gasteiger partial charge in [-0.15, -0.1) is 0 Å². The predicted octanol–water partition coefficient (Wildman–Crippen LogP) is 18.1. The minimum atomic E-state index is 0.861. The van der Waals surface area contributed by atoms with Gasteiger partial charge in [0.25, 0.3) is 0 Å². The number of hydrogen-bond donors (Lipinski definition) is 0. The molecule has 4 nitrogen and oxygen atoms in total.